The number of hydrogen-bond acceptors (Lipinski definition) is 5. The van der Waals surface area contributed by atoms with Gasteiger partial charge in [-0.05, 0) is 62.1 Å². The van der Waals surface area contributed by atoms with Gasteiger partial charge in [0.05, 0.1) is 16.9 Å². The van der Waals surface area contributed by atoms with E-state index in [0.717, 1.165) is 42.1 Å². The topological polar surface area (TPSA) is 112 Å². The first-order valence-electron chi connectivity index (χ1n) is 12.2. The standard InChI is InChI=1S/C28H27ClN6O2/c1-2-25(36)32-18-9-7-17(8-10-18)27(37)33-19-11-13-20(14-12-19)34-28-31-16-23(29)26(35-28)22-15-30-24-6-4-3-5-21(22)24/h2-10,15-16,19-20,30H,1,11-14H2,(H,32,36)(H,33,37)(H,31,34,35). The Morgan fingerprint density at radius 3 is 2.51 bits per heavy atom. The van der Waals surface area contributed by atoms with E-state index in [1.165, 1.54) is 6.08 Å². The van der Waals surface area contributed by atoms with Crippen LogP contribution < -0.4 is 16.0 Å². The number of hydrogen-bond donors (Lipinski definition) is 4. The van der Waals surface area contributed by atoms with Crippen molar-refractivity contribution in [2.24, 2.45) is 0 Å². The van der Waals surface area contributed by atoms with E-state index < -0.39 is 0 Å². The van der Waals surface area contributed by atoms with Crippen LogP contribution in [0.15, 0.2) is 73.6 Å². The van der Waals surface area contributed by atoms with E-state index in [1.807, 2.05) is 30.5 Å². The molecule has 188 valence electrons. The maximum Gasteiger partial charge on any atom is 0.251 e. The van der Waals surface area contributed by atoms with Gasteiger partial charge in [0.1, 0.15) is 0 Å². The normalized spacial score (nSPS) is 17.2. The number of amides is 2. The Morgan fingerprint density at radius 1 is 1.03 bits per heavy atom. The Kier molecular flexibility index (Phi) is 7.18. The molecule has 0 atom stereocenters. The molecule has 2 aromatic carbocycles. The number of aromatic amines is 1. The Bertz CT molecular complexity index is 1440. The summed E-state index contributed by atoms with van der Waals surface area (Å²) in [6, 6.07) is 15.1. The van der Waals surface area contributed by atoms with E-state index in [-0.39, 0.29) is 23.9 Å². The number of carbonyl (C=O) groups is 2. The first-order chi connectivity index (χ1) is 18.0. The molecule has 2 aromatic heterocycles. The van der Waals surface area contributed by atoms with Gasteiger partial charge in [-0.15, -0.1) is 0 Å². The summed E-state index contributed by atoms with van der Waals surface area (Å²) < 4.78 is 0. The number of carbonyl (C=O) groups excluding carboxylic acids is 2. The number of rotatable bonds is 7. The van der Waals surface area contributed by atoms with Crippen molar-refractivity contribution in [1.29, 1.82) is 0 Å². The first kappa shape index (κ1) is 24.5. The lowest BCUT2D eigenvalue weighted by Crippen LogP contribution is -2.40. The van der Waals surface area contributed by atoms with Crippen molar-refractivity contribution in [3.05, 3.63) is 84.2 Å². The predicted octanol–water partition coefficient (Wildman–Crippen LogP) is 5.56. The molecule has 2 heterocycles. The van der Waals surface area contributed by atoms with Crippen LogP contribution in [0.4, 0.5) is 11.6 Å². The predicted molar refractivity (Wildman–Crippen MR) is 147 cm³/mol. The fourth-order valence-electron chi connectivity index (χ4n) is 4.62. The van der Waals surface area contributed by atoms with Gasteiger partial charge >= 0.3 is 0 Å². The van der Waals surface area contributed by atoms with Crippen LogP contribution in [0.1, 0.15) is 36.0 Å². The summed E-state index contributed by atoms with van der Waals surface area (Å²) in [4.78, 5) is 36.5. The van der Waals surface area contributed by atoms with Crippen LogP contribution in [0.3, 0.4) is 0 Å². The molecule has 0 spiro atoms. The van der Waals surface area contributed by atoms with Gasteiger partial charge in [-0.25, -0.2) is 9.97 Å². The second-order valence-electron chi connectivity index (χ2n) is 9.08. The minimum absolute atomic E-state index is 0.0959. The van der Waals surface area contributed by atoms with E-state index in [1.54, 1.807) is 30.5 Å². The van der Waals surface area contributed by atoms with Crippen LogP contribution in [0.25, 0.3) is 22.2 Å². The highest BCUT2D eigenvalue weighted by molar-refractivity contribution is 6.33. The molecule has 2 amide bonds. The Balaban J connectivity index is 1.17. The maximum atomic E-state index is 12.7. The first-order valence-corrected chi connectivity index (χ1v) is 12.6. The van der Waals surface area contributed by atoms with E-state index in [9.17, 15) is 9.59 Å². The number of halogens is 1. The molecule has 37 heavy (non-hydrogen) atoms. The zero-order valence-electron chi connectivity index (χ0n) is 20.1. The molecule has 1 aliphatic rings. The molecule has 1 aliphatic carbocycles. The van der Waals surface area contributed by atoms with Crippen LogP contribution in [0, 0.1) is 0 Å². The van der Waals surface area contributed by atoms with Gasteiger partial charge < -0.3 is 20.9 Å². The third-order valence-corrected chi connectivity index (χ3v) is 6.86. The minimum Gasteiger partial charge on any atom is -0.360 e. The molecular formula is C28H27ClN6O2. The lowest BCUT2D eigenvalue weighted by Gasteiger charge is -2.29. The van der Waals surface area contributed by atoms with Gasteiger partial charge in [0, 0.05) is 46.0 Å². The number of anilines is 2. The molecule has 0 bridgehead atoms. The van der Waals surface area contributed by atoms with E-state index in [2.05, 4.69) is 32.5 Å². The second-order valence-corrected chi connectivity index (χ2v) is 9.48. The second kappa shape index (κ2) is 10.8. The number of benzene rings is 2. The summed E-state index contributed by atoms with van der Waals surface area (Å²) in [5.41, 5.74) is 3.82. The van der Waals surface area contributed by atoms with Gasteiger partial charge in [-0.1, -0.05) is 36.4 Å². The average Bonchev–Trinajstić information content (AvgIpc) is 3.35. The molecule has 8 nitrogen and oxygen atoms in total. The highest BCUT2D eigenvalue weighted by Gasteiger charge is 2.24. The molecule has 4 aromatic rings. The SMILES string of the molecule is C=CC(=O)Nc1ccc(C(=O)NC2CCC(Nc3ncc(Cl)c(-c4c[nH]c5ccccc45)n3)CC2)cc1. The van der Waals surface area contributed by atoms with Crippen LogP contribution in [0.5, 0.6) is 0 Å². The minimum atomic E-state index is -0.291. The van der Waals surface area contributed by atoms with Crippen molar-refractivity contribution in [3.8, 4) is 11.3 Å². The van der Waals surface area contributed by atoms with Crippen molar-refractivity contribution < 1.29 is 9.59 Å². The Hall–Kier alpha value is -4.17. The van der Waals surface area contributed by atoms with Gasteiger partial charge in [-0.2, -0.15) is 0 Å². The Morgan fingerprint density at radius 2 is 1.76 bits per heavy atom. The third kappa shape index (κ3) is 5.65. The van der Waals surface area contributed by atoms with Crippen molar-refractivity contribution in [1.82, 2.24) is 20.3 Å². The number of fused-ring (bicyclic) bond motifs is 1. The number of para-hydroxylation sites is 1. The smallest absolute Gasteiger partial charge is 0.251 e. The van der Waals surface area contributed by atoms with Crippen LogP contribution in [0.2, 0.25) is 5.02 Å². The highest BCUT2D eigenvalue weighted by Crippen LogP contribution is 2.32. The molecule has 4 N–H and O–H groups in total. The van der Waals surface area contributed by atoms with Crippen LogP contribution >= 0.6 is 11.6 Å². The fourth-order valence-corrected chi connectivity index (χ4v) is 4.82. The van der Waals surface area contributed by atoms with E-state index in [0.29, 0.717) is 27.9 Å². The molecule has 0 radical (unpaired) electrons. The van der Waals surface area contributed by atoms with Gasteiger partial charge in [0.2, 0.25) is 11.9 Å². The van der Waals surface area contributed by atoms with Crippen molar-refractivity contribution in [2.75, 3.05) is 10.6 Å². The summed E-state index contributed by atoms with van der Waals surface area (Å²) in [5.74, 6) is 0.129. The molecular weight excluding hydrogens is 488 g/mol. The third-order valence-electron chi connectivity index (χ3n) is 6.58. The average molecular weight is 515 g/mol. The molecule has 0 unspecified atom stereocenters. The van der Waals surface area contributed by atoms with Crippen molar-refractivity contribution in [2.45, 2.75) is 37.8 Å². The quantitative estimate of drug-likeness (QED) is 0.241. The Labute approximate surface area is 219 Å². The van der Waals surface area contributed by atoms with E-state index in [4.69, 9.17) is 16.6 Å². The van der Waals surface area contributed by atoms with Crippen molar-refractivity contribution in [3.63, 3.8) is 0 Å². The summed E-state index contributed by atoms with van der Waals surface area (Å²) in [6.45, 7) is 3.43. The largest absolute Gasteiger partial charge is 0.360 e. The molecule has 5 rings (SSSR count). The summed E-state index contributed by atoms with van der Waals surface area (Å²) in [7, 11) is 0. The maximum absolute atomic E-state index is 12.7. The monoisotopic (exact) mass is 514 g/mol. The number of nitrogens with zero attached hydrogens (tertiary/aromatic N) is 2. The lowest BCUT2D eigenvalue weighted by atomic mass is 9.91. The molecule has 0 aliphatic heterocycles. The van der Waals surface area contributed by atoms with Crippen LogP contribution in [-0.4, -0.2) is 38.8 Å². The van der Waals surface area contributed by atoms with Gasteiger partial charge in [-0.3, -0.25) is 9.59 Å². The van der Waals surface area contributed by atoms with Crippen LogP contribution in [-0.2, 0) is 4.79 Å². The molecule has 9 heteroatoms. The number of aromatic nitrogens is 3. The summed E-state index contributed by atoms with van der Waals surface area (Å²) >= 11 is 6.46. The fraction of sp³-hybridized carbons (Fsp3) is 0.214. The van der Waals surface area contributed by atoms with Gasteiger partial charge in [0.15, 0.2) is 0 Å². The van der Waals surface area contributed by atoms with E-state index >= 15 is 0 Å². The van der Waals surface area contributed by atoms with Crippen molar-refractivity contribution >= 4 is 46.0 Å². The number of H-pyrrole nitrogens is 1. The zero-order valence-corrected chi connectivity index (χ0v) is 20.9. The summed E-state index contributed by atoms with van der Waals surface area (Å²) in [5, 5.41) is 10.8. The lowest BCUT2D eigenvalue weighted by molar-refractivity contribution is -0.111. The van der Waals surface area contributed by atoms with Gasteiger partial charge in [0.25, 0.3) is 5.91 Å². The number of nitrogens with one attached hydrogen (secondary N) is 4. The zero-order chi connectivity index (χ0) is 25.8. The molecule has 1 fully saturated rings. The molecule has 0 saturated heterocycles. The summed E-state index contributed by atoms with van der Waals surface area (Å²) in [6.07, 6.45) is 8.21. The molecule has 1 saturated carbocycles. The highest BCUT2D eigenvalue weighted by atomic mass is 35.5.